The molecule has 0 aromatic heterocycles. The highest BCUT2D eigenvalue weighted by molar-refractivity contribution is 5.68. The van der Waals surface area contributed by atoms with Crippen LogP contribution in [-0.4, -0.2) is 24.9 Å². The first-order valence-electron chi connectivity index (χ1n) is 6.65. The first-order chi connectivity index (χ1) is 9.10. The van der Waals surface area contributed by atoms with Crippen molar-refractivity contribution in [3.63, 3.8) is 0 Å². The van der Waals surface area contributed by atoms with Crippen molar-refractivity contribution < 1.29 is 14.2 Å². The first-order valence-corrected chi connectivity index (χ1v) is 6.65. The summed E-state index contributed by atoms with van der Waals surface area (Å²) in [7, 11) is 1.43. The number of ether oxygens (including phenoxy) is 1. The van der Waals surface area contributed by atoms with Crippen LogP contribution < -0.4 is 15.8 Å². The van der Waals surface area contributed by atoms with Crippen LogP contribution in [0.15, 0.2) is 12.1 Å². The molecular weight excluding hydrogens is 247 g/mol. The number of nitrogens with two attached hydrogens (primary N) is 1. The molecule has 5 heteroatoms. The van der Waals surface area contributed by atoms with Crippen LogP contribution in [0, 0.1) is 11.7 Å². The van der Waals surface area contributed by atoms with Gasteiger partial charge in [-0.15, -0.1) is 0 Å². The minimum atomic E-state index is -0.452. The fourth-order valence-electron chi connectivity index (χ4n) is 2.48. The molecule has 0 aliphatic heterocycles. The van der Waals surface area contributed by atoms with Gasteiger partial charge in [-0.05, 0) is 31.6 Å². The van der Waals surface area contributed by atoms with Crippen molar-refractivity contribution in [3.8, 4) is 5.75 Å². The van der Waals surface area contributed by atoms with Crippen molar-refractivity contribution >= 4 is 11.4 Å². The van der Waals surface area contributed by atoms with Crippen molar-refractivity contribution in [2.45, 2.75) is 31.8 Å². The maximum absolute atomic E-state index is 13.4. The predicted octanol–water partition coefficient (Wildman–Crippen LogP) is 2.38. The maximum atomic E-state index is 13.4. The molecule has 0 heterocycles. The van der Waals surface area contributed by atoms with Gasteiger partial charge in [0.05, 0.1) is 24.6 Å². The van der Waals surface area contributed by atoms with E-state index in [1.807, 2.05) is 0 Å². The Morgan fingerprint density at radius 3 is 2.68 bits per heavy atom. The molecule has 4 N–H and O–H groups in total. The summed E-state index contributed by atoms with van der Waals surface area (Å²) >= 11 is 0. The van der Waals surface area contributed by atoms with Gasteiger partial charge in [0.2, 0.25) is 0 Å². The molecule has 1 aromatic carbocycles. The smallest absolute Gasteiger partial charge is 0.167 e. The summed E-state index contributed by atoms with van der Waals surface area (Å²) < 4.78 is 18.4. The number of nitrogen functional groups attached to an aromatic ring is 1. The molecule has 0 amide bonds. The molecule has 0 saturated heterocycles. The average molecular weight is 268 g/mol. The third-order valence-electron chi connectivity index (χ3n) is 3.72. The second-order valence-electron chi connectivity index (χ2n) is 5.13. The second kappa shape index (κ2) is 6.10. The number of anilines is 2. The lowest BCUT2D eigenvalue weighted by Gasteiger charge is -2.26. The summed E-state index contributed by atoms with van der Waals surface area (Å²) in [5.41, 5.74) is 6.87. The van der Waals surface area contributed by atoms with Gasteiger partial charge in [0.25, 0.3) is 0 Å². The van der Waals surface area contributed by atoms with E-state index in [4.69, 9.17) is 10.5 Å². The summed E-state index contributed by atoms with van der Waals surface area (Å²) in [5, 5.41) is 12.7. The minimum absolute atomic E-state index is 0.146. The minimum Gasteiger partial charge on any atom is -0.494 e. The number of hydrogen-bond acceptors (Lipinski definition) is 4. The Hall–Kier alpha value is -1.49. The van der Waals surface area contributed by atoms with E-state index in [-0.39, 0.29) is 11.9 Å². The van der Waals surface area contributed by atoms with Gasteiger partial charge in [0.1, 0.15) is 0 Å². The van der Waals surface area contributed by atoms with Crippen LogP contribution in [-0.2, 0) is 0 Å². The molecule has 2 rings (SSSR count). The molecule has 1 aliphatic rings. The number of hydrogen-bond donors (Lipinski definition) is 3. The molecule has 1 aromatic rings. The fraction of sp³-hybridized carbons (Fsp3) is 0.571. The second-order valence-corrected chi connectivity index (χ2v) is 5.13. The Bertz CT molecular complexity index is 432. The van der Waals surface area contributed by atoms with E-state index < -0.39 is 5.82 Å². The molecule has 0 unspecified atom stereocenters. The lowest BCUT2D eigenvalue weighted by atomic mass is 9.87. The summed E-state index contributed by atoms with van der Waals surface area (Å²) in [6.45, 7) is 0.783. The molecule has 4 nitrogen and oxygen atoms in total. The Kier molecular flexibility index (Phi) is 4.47. The highest BCUT2D eigenvalue weighted by Crippen LogP contribution is 2.29. The molecule has 0 bridgehead atoms. The molecule has 106 valence electrons. The Morgan fingerprint density at radius 1 is 1.37 bits per heavy atom. The highest BCUT2D eigenvalue weighted by atomic mass is 19.1. The van der Waals surface area contributed by atoms with E-state index in [9.17, 15) is 9.50 Å². The lowest BCUT2D eigenvalue weighted by molar-refractivity contribution is 0.111. The van der Waals surface area contributed by atoms with Crippen molar-refractivity contribution in [1.82, 2.24) is 0 Å². The Balaban J connectivity index is 1.95. The normalized spacial score (nSPS) is 23.1. The lowest BCUT2D eigenvalue weighted by Crippen LogP contribution is -2.23. The van der Waals surface area contributed by atoms with Gasteiger partial charge in [0.15, 0.2) is 11.6 Å². The van der Waals surface area contributed by atoms with Gasteiger partial charge in [-0.3, -0.25) is 0 Å². The molecular formula is C14H21FN2O2. The molecule has 1 fully saturated rings. The summed E-state index contributed by atoms with van der Waals surface area (Å²) in [6.07, 6.45) is 3.58. The quantitative estimate of drug-likeness (QED) is 0.733. The summed E-state index contributed by atoms with van der Waals surface area (Å²) in [4.78, 5) is 0. The van der Waals surface area contributed by atoms with Crippen LogP contribution in [0.1, 0.15) is 25.7 Å². The number of rotatable bonds is 4. The zero-order valence-corrected chi connectivity index (χ0v) is 11.2. The van der Waals surface area contributed by atoms with Crippen molar-refractivity contribution in [2.24, 2.45) is 5.92 Å². The van der Waals surface area contributed by atoms with E-state index in [1.165, 1.54) is 13.2 Å². The number of benzene rings is 1. The maximum Gasteiger partial charge on any atom is 0.167 e. The van der Waals surface area contributed by atoms with E-state index in [1.54, 1.807) is 6.07 Å². The van der Waals surface area contributed by atoms with E-state index in [0.717, 1.165) is 32.2 Å². The van der Waals surface area contributed by atoms with Crippen molar-refractivity contribution in [2.75, 3.05) is 24.7 Å². The van der Waals surface area contributed by atoms with Gasteiger partial charge >= 0.3 is 0 Å². The first kappa shape index (κ1) is 13.9. The third-order valence-corrected chi connectivity index (χ3v) is 3.72. The molecule has 1 aliphatic carbocycles. The SMILES string of the molecule is COc1cc(NCC2CCC(O)CC2)c(N)cc1F. The number of aliphatic hydroxyl groups excluding tert-OH is 1. The molecule has 0 radical (unpaired) electrons. The van der Waals surface area contributed by atoms with Gasteiger partial charge in [-0.25, -0.2) is 4.39 Å². The van der Waals surface area contributed by atoms with Crippen molar-refractivity contribution in [3.05, 3.63) is 17.9 Å². The number of aliphatic hydroxyl groups is 1. The van der Waals surface area contributed by atoms with Gasteiger partial charge < -0.3 is 20.9 Å². The monoisotopic (exact) mass is 268 g/mol. The van der Waals surface area contributed by atoms with Gasteiger partial charge in [0, 0.05) is 18.7 Å². The molecule has 1 saturated carbocycles. The van der Waals surface area contributed by atoms with Crippen LogP contribution in [0.3, 0.4) is 0 Å². The molecule has 0 atom stereocenters. The van der Waals surface area contributed by atoms with Crippen LogP contribution in [0.4, 0.5) is 15.8 Å². The molecule has 0 spiro atoms. The zero-order chi connectivity index (χ0) is 13.8. The number of methoxy groups -OCH3 is 1. The Morgan fingerprint density at radius 2 is 2.05 bits per heavy atom. The van der Waals surface area contributed by atoms with Gasteiger partial charge in [-0.1, -0.05) is 0 Å². The fourth-order valence-corrected chi connectivity index (χ4v) is 2.48. The number of nitrogens with one attached hydrogen (secondary N) is 1. The van der Waals surface area contributed by atoms with Gasteiger partial charge in [-0.2, -0.15) is 0 Å². The van der Waals surface area contributed by atoms with Crippen LogP contribution in [0.5, 0.6) is 5.75 Å². The zero-order valence-electron chi connectivity index (χ0n) is 11.2. The summed E-state index contributed by atoms with van der Waals surface area (Å²) in [5.74, 6) is 0.265. The van der Waals surface area contributed by atoms with Crippen LogP contribution in [0.25, 0.3) is 0 Å². The standard InChI is InChI=1S/C14H21FN2O2/c1-19-14-7-13(12(16)6-11(14)15)17-8-9-2-4-10(18)5-3-9/h6-7,9-10,17-18H,2-5,8,16H2,1H3. The van der Waals surface area contributed by atoms with Crippen molar-refractivity contribution in [1.29, 1.82) is 0 Å². The van der Waals surface area contributed by atoms with Crippen LogP contribution >= 0.6 is 0 Å². The largest absolute Gasteiger partial charge is 0.494 e. The third kappa shape index (κ3) is 3.50. The summed E-state index contributed by atoms with van der Waals surface area (Å²) in [6, 6.07) is 2.86. The van der Waals surface area contributed by atoms with E-state index in [2.05, 4.69) is 5.32 Å². The number of halogens is 1. The molecule has 19 heavy (non-hydrogen) atoms. The topological polar surface area (TPSA) is 67.5 Å². The van der Waals surface area contributed by atoms with Crippen LogP contribution in [0.2, 0.25) is 0 Å². The van der Waals surface area contributed by atoms with E-state index >= 15 is 0 Å². The average Bonchev–Trinajstić information content (AvgIpc) is 2.40. The Labute approximate surface area is 112 Å². The predicted molar refractivity (Wildman–Crippen MR) is 73.8 cm³/mol. The highest BCUT2D eigenvalue weighted by Gasteiger charge is 2.19. The van der Waals surface area contributed by atoms with E-state index in [0.29, 0.717) is 17.3 Å².